The van der Waals surface area contributed by atoms with Gasteiger partial charge in [0.15, 0.2) is 6.23 Å². The summed E-state index contributed by atoms with van der Waals surface area (Å²) in [5.41, 5.74) is -2.82. The SMILES string of the molecule is CO[C@@]1(C)[C@H](O)[C@@H](COP(=O)(N[C@@H](C)C(=O)OC(C)C)Oc2ccccc2)O[C@H]1n1ccc(=O)[nH]c1=O. The van der Waals surface area contributed by atoms with E-state index in [-0.39, 0.29) is 5.75 Å². The number of rotatable bonds is 11. The Hall–Kier alpha value is -2.80. The Labute approximate surface area is 213 Å². The number of aliphatic hydroxyl groups is 1. The van der Waals surface area contributed by atoms with Crippen molar-refractivity contribution in [2.24, 2.45) is 0 Å². The van der Waals surface area contributed by atoms with Crippen LogP contribution in [0.25, 0.3) is 0 Å². The van der Waals surface area contributed by atoms with Crippen LogP contribution < -0.4 is 20.9 Å². The van der Waals surface area contributed by atoms with Crippen molar-refractivity contribution in [1.29, 1.82) is 0 Å². The third kappa shape index (κ3) is 6.75. The number of methoxy groups -OCH3 is 1. The quantitative estimate of drug-likeness (QED) is 0.277. The number of para-hydroxylation sites is 1. The smallest absolute Gasteiger partial charge is 0.459 e. The minimum Gasteiger partial charge on any atom is -0.462 e. The zero-order valence-corrected chi connectivity index (χ0v) is 22.0. The topological polar surface area (TPSA) is 167 Å². The number of carbonyl (C=O) groups is 1. The van der Waals surface area contributed by atoms with Crippen LogP contribution in [-0.4, -0.2) is 64.3 Å². The first-order chi connectivity index (χ1) is 17.4. The van der Waals surface area contributed by atoms with E-state index in [1.165, 1.54) is 27.2 Å². The van der Waals surface area contributed by atoms with Gasteiger partial charge in [0.25, 0.3) is 5.56 Å². The molecule has 2 heterocycles. The average molecular weight is 541 g/mol. The molecule has 204 valence electrons. The molecule has 3 rings (SSSR count). The monoisotopic (exact) mass is 541 g/mol. The van der Waals surface area contributed by atoms with E-state index < -0.39 is 67.8 Å². The second kappa shape index (κ2) is 11.7. The summed E-state index contributed by atoms with van der Waals surface area (Å²) in [5.74, 6) is -0.466. The molecule has 13 nitrogen and oxygen atoms in total. The van der Waals surface area contributed by atoms with Crippen molar-refractivity contribution in [3.63, 3.8) is 0 Å². The van der Waals surface area contributed by atoms with E-state index in [0.717, 1.165) is 10.6 Å². The number of esters is 1. The molecule has 1 fully saturated rings. The zero-order chi connectivity index (χ0) is 27.4. The molecule has 1 aliphatic rings. The van der Waals surface area contributed by atoms with Gasteiger partial charge >= 0.3 is 19.4 Å². The Morgan fingerprint density at radius 2 is 1.92 bits per heavy atom. The summed E-state index contributed by atoms with van der Waals surface area (Å²) in [5, 5.41) is 13.6. The molecule has 0 saturated carbocycles. The number of aliphatic hydroxyl groups excluding tert-OH is 1. The second-order valence-corrected chi connectivity index (χ2v) is 10.6. The summed E-state index contributed by atoms with van der Waals surface area (Å²) < 4.78 is 42.5. The van der Waals surface area contributed by atoms with Crippen LogP contribution >= 0.6 is 7.75 Å². The maximum atomic E-state index is 13.7. The first kappa shape index (κ1) is 28.8. The number of H-pyrrole nitrogens is 1. The Morgan fingerprint density at radius 1 is 1.24 bits per heavy atom. The number of nitrogens with zero attached hydrogens (tertiary/aromatic N) is 1. The van der Waals surface area contributed by atoms with Crippen LogP contribution in [-0.2, 0) is 28.1 Å². The Balaban J connectivity index is 1.83. The van der Waals surface area contributed by atoms with E-state index in [4.69, 9.17) is 23.3 Å². The van der Waals surface area contributed by atoms with Crippen LogP contribution in [0.15, 0.2) is 52.2 Å². The molecule has 1 aromatic carbocycles. The third-order valence-corrected chi connectivity index (χ3v) is 7.36. The van der Waals surface area contributed by atoms with Gasteiger partial charge in [-0.05, 0) is 39.8 Å². The molecule has 6 atom stereocenters. The lowest BCUT2D eigenvalue weighted by Gasteiger charge is -2.31. The lowest BCUT2D eigenvalue weighted by atomic mass is 9.96. The standard InChI is InChI=1S/C23H32N3O10P/c1-14(2)34-20(29)15(3)25-37(31,36-16-9-7-6-8-10-16)33-13-17-19(28)23(4,32-5)21(35-17)26-12-11-18(27)24-22(26)30/h6-12,14-15,17,19,21,28H,13H2,1-5H3,(H,25,31)(H,24,27,30)/t15-,17+,19+,21+,23-,37?/m0/s1. The molecule has 2 aromatic rings. The molecule has 1 saturated heterocycles. The normalized spacial score (nSPS) is 26.0. The molecule has 1 unspecified atom stereocenters. The number of aromatic amines is 1. The van der Waals surface area contributed by atoms with Gasteiger partial charge in [0.05, 0.1) is 12.7 Å². The first-order valence-corrected chi connectivity index (χ1v) is 13.1. The van der Waals surface area contributed by atoms with Crippen molar-refractivity contribution in [1.82, 2.24) is 14.6 Å². The summed E-state index contributed by atoms with van der Waals surface area (Å²) in [6.45, 7) is 5.84. The van der Waals surface area contributed by atoms with E-state index in [9.17, 15) is 24.1 Å². The van der Waals surface area contributed by atoms with E-state index in [0.29, 0.717) is 0 Å². The van der Waals surface area contributed by atoms with Crippen LogP contribution in [0.5, 0.6) is 5.75 Å². The summed E-state index contributed by atoms with van der Waals surface area (Å²) in [7, 11) is -2.90. The van der Waals surface area contributed by atoms with Gasteiger partial charge in [-0.25, -0.2) is 9.36 Å². The fourth-order valence-corrected chi connectivity index (χ4v) is 5.20. The molecule has 14 heteroatoms. The van der Waals surface area contributed by atoms with Crippen molar-refractivity contribution < 1.29 is 37.7 Å². The average Bonchev–Trinajstić information content (AvgIpc) is 3.08. The fourth-order valence-electron chi connectivity index (χ4n) is 3.70. The number of hydrogen-bond acceptors (Lipinski definition) is 10. The van der Waals surface area contributed by atoms with Gasteiger partial charge in [0.1, 0.15) is 29.6 Å². The number of ether oxygens (including phenoxy) is 3. The van der Waals surface area contributed by atoms with E-state index in [1.54, 1.807) is 44.2 Å². The number of aromatic nitrogens is 2. The molecule has 1 aromatic heterocycles. The molecule has 37 heavy (non-hydrogen) atoms. The lowest BCUT2D eigenvalue weighted by molar-refractivity contribution is -0.149. The van der Waals surface area contributed by atoms with Gasteiger partial charge in [-0.15, -0.1) is 0 Å². The van der Waals surface area contributed by atoms with Crippen molar-refractivity contribution >= 4 is 13.7 Å². The first-order valence-electron chi connectivity index (χ1n) is 11.6. The van der Waals surface area contributed by atoms with Gasteiger partial charge < -0.3 is 23.8 Å². The van der Waals surface area contributed by atoms with E-state index in [1.807, 2.05) is 0 Å². The highest BCUT2D eigenvalue weighted by Gasteiger charge is 2.55. The van der Waals surface area contributed by atoms with Crippen LogP contribution in [0.4, 0.5) is 0 Å². The van der Waals surface area contributed by atoms with Crippen LogP contribution in [0, 0.1) is 0 Å². The molecular weight excluding hydrogens is 509 g/mol. The molecule has 0 bridgehead atoms. The minimum absolute atomic E-state index is 0.204. The zero-order valence-electron chi connectivity index (χ0n) is 21.2. The summed E-state index contributed by atoms with van der Waals surface area (Å²) in [6.07, 6.45) is -2.83. The molecule has 1 aliphatic heterocycles. The highest BCUT2D eigenvalue weighted by molar-refractivity contribution is 7.52. The second-order valence-electron chi connectivity index (χ2n) is 8.91. The molecular formula is C23H32N3O10P. The highest BCUT2D eigenvalue weighted by atomic mass is 31.2. The van der Waals surface area contributed by atoms with Crippen molar-refractivity contribution in [2.45, 2.75) is 63.9 Å². The lowest BCUT2D eigenvalue weighted by Crippen LogP contribution is -2.48. The Bertz CT molecular complexity index is 1230. The van der Waals surface area contributed by atoms with Crippen LogP contribution in [0.1, 0.15) is 33.9 Å². The van der Waals surface area contributed by atoms with Gasteiger partial charge in [0.2, 0.25) is 0 Å². The Kier molecular flexibility index (Phi) is 9.11. The van der Waals surface area contributed by atoms with Crippen molar-refractivity contribution in [2.75, 3.05) is 13.7 Å². The molecule has 0 spiro atoms. The van der Waals surface area contributed by atoms with Crippen molar-refractivity contribution in [3.8, 4) is 5.75 Å². The number of carbonyl (C=O) groups excluding carboxylic acids is 1. The summed E-state index contributed by atoms with van der Waals surface area (Å²) in [6, 6.07) is 8.23. The number of nitrogens with one attached hydrogen (secondary N) is 2. The largest absolute Gasteiger partial charge is 0.462 e. The number of hydrogen-bond donors (Lipinski definition) is 3. The predicted octanol–water partition coefficient (Wildman–Crippen LogP) is 1.33. The summed E-state index contributed by atoms with van der Waals surface area (Å²) >= 11 is 0. The highest BCUT2D eigenvalue weighted by Crippen LogP contribution is 2.47. The van der Waals surface area contributed by atoms with E-state index >= 15 is 0 Å². The van der Waals surface area contributed by atoms with Gasteiger partial charge in [-0.2, -0.15) is 5.09 Å². The predicted molar refractivity (Wildman–Crippen MR) is 131 cm³/mol. The summed E-state index contributed by atoms with van der Waals surface area (Å²) in [4.78, 5) is 38.3. The van der Waals surface area contributed by atoms with Crippen LogP contribution in [0.3, 0.4) is 0 Å². The van der Waals surface area contributed by atoms with Gasteiger partial charge in [-0.1, -0.05) is 18.2 Å². The third-order valence-electron chi connectivity index (χ3n) is 5.71. The fraction of sp³-hybridized carbons (Fsp3) is 0.522. The van der Waals surface area contributed by atoms with Crippen LogP contribution in [0.2, 0.25) is 0 Å². The molecule has 0 aliphatic carbocycles. The maximum Gasteiger partial charge on any atom is 0.459 e. The van der Waals surface area contributed by atoms with Gasteiger partial charge in [0, 0.05) is 19.4 Å². The van der Waals surface area contributed by atoms with E-state index in [2.05, 4.69) is 10.1 Å². The maximum absolute atomic E-state index is 13.7. The number of benzene rings is 1. The van der Waals surface area contributed by atoms with Gasteiger partial charge in [-0.3, -0.25) is 23.7 Å². The Morgan fingerprint density at radius 3 is 2.51 bits per heavy atom. The molecule has 3 N–H and O–H groups in total. The van der Waals surface area contributed by atoms with Crippen molar-refractivity contribution in [3.05, 3.63) is 63.4 Å². The molecule has 0 radical (unpaired) electrons. The minimum atomic E-state index is -4.23. The molecule has 0 amide bonds.